The van der Waals surface area contributed by atoms with Crippen molar-refractivity contribution in [2.45, 2.75) is 23.6 Å². The van der Waals surface area contributed by atoms with Crippen LogP contribution in [-0.4, -0.2) is 17.9 Å². The molecule has 1 aromatic carbocycles. The predicted molar refractivity (Wildman–Crippen MR) is 86.6 cm³/mol. The van der Waals surface area contributed by atoms with E-state index in [1.54, 1.807) is 11.8 Å². The van der Waals surface area contributed by atoms with Crippen LogP contribution in [0, 0.1) is 0 Å². The molecule has 0 saturated heterocycles. The highest BCUT2D eigenvalue weighted by Gasteiger charge is 2.30. The van der Waals surface area contributed by atoms with Crippen molar-refractivity contribution >= 4 is 29.0 Å². The number of anilines is 2. The van der Waals surface area contributed by atoms with Gasteiger partial charge in [0.15, 0.2) is 0 Å². The molecule has 1 N–H and O–H groups in total. The van der Waals surface area contributed by atoms with Crippen LogP contribution in [-0.2, 0) is 4.79 Å². The van der Waals surface area contributed by atoms with Crippen LogP contribution in [0.1, 0.15) is 24.3 Å². The van der Waals surface area contributed by atoms with E-state index in [1.807, 2.05) is 43.6 Å². The maximum atomic E-state index is 11.7. The second kappa shape index (κ2) is 5.77. The fourth-order valence-electron chi connectivity index (χ4n) is 2.42. The van der Waals surface area contributed by atoms with E-state index in [0.717, 1.165) is 11.3 Å². The van der Waals surface area contributed by atoms with Crippen molar-refractivity contribution in [3.05, 3.63) is 48.3 Å². The summed E-state index contributed by atoms with van der Waals surface area (Å²) >= 11 is 1.76. The fraction of sp³-hybridized carbons (Fsp3) is 0.250. The molecule has 0 bridgehead atoms. The third-order valence-electron chi connectivity index (χ3n) is 3.56. The Morgan fingerprint density at radius 2 is 2.19 bits per heavy atom. The van der Waals surface area contributed by atoms with Crippen molar-refractivity contribution in [3.63, 3.8) is 0 Å². The Bertz CT molecular complexity index is 674. The summed E-state index contributed by atoms with van der Waals surface area (Å²) in [6, 6.07) is 10.0. The van der Waals surface area contributed by atoms with Gasteiger partial charge in [-0.05, 0) is 12.1 Å². The van der Waals surface area contributed by atoms with Gasteiger partial charge in [0.25, 0.3) is 0 Å². The normalized spacial score (nSPS) is 16.7. The molecule has 0 aliphatic carbocycles. The first-order chi connectivity index (χ1) is 10.2. The van der Waals surface area contributed by atoms with E-state index >= 15 is 0 Å². The second-order valence-electron chi connectivity index (χ2n) is 4.91. The zero-order valence-electron chi connectivity index (χ0n) is 12.0. The van der Waals surface area contributed by atoms with E-state index in [0.29, 0.717) is 6.42 Å². The Morgan fingerprint density at radius 3 is 2.95 bits per heavy atom. The van der Waals surface area contributed by atoms with Gasteiger partial charge in [-0.3, -0.25) is 9.78 Å². The fourth-order valence-corrected chi connectivity index (χ4v) is 3.72. The van der Waals surface area contributed by atoms with Crippen molar-refractivity contribution < 1.29 is 4.79 Å². The number of benzene rings is 1. The summed E-state index contributed by atoms with van der Waals surface area (Å²) in [7, 11) is 2.07. The minimum Gasteiger partial charge on any atom is -0.357 e. The molecule has 2 aromatic rings. The molecule has 5 heteroatoms. The lowest BCUT2D eigenvalue weighted by molar-refractivity contribution is -0.115. The molecule has 4 nitrogen and oxygen atoms in total. The van der Waals surface area contributed by atoms with Crippen LogP contribution in [0.5, 0.6) is 0 Å². The molecule has 108 valence electrons. The van der Waals surface area contributed by atoms with Crippen LogP contribution in [0.2, 0.25) is 0 Å². The van der Waals surface area contributed by atoms with Gasteiger partial charge < -0.3 is 10.2 Å². The smallest absolute Gasteiger partial charge is 0.224 e. The SMILES string of the molecule is CCC(=O)Nc1ccccc1C1Sc2cnccc2N1C. The van der Waals surface area contributed by atoms with E-state index in [9.17, 15) is 4.79 Å². The lowest BCUT2D eigenvalue weighted by Gasteiger charge is -2.24. The van der Waals surface area contributed by atoms with Crippen LogP contribution in [0.25, 0.3) is 0 Å². The van der Waals surface area contributed by atoms with Gasteiger partial charge >= 0.3 is 0 Å². The zero-order chi connectivity index (χ0) is 14.8. The average molecular weight is 299 g/mol. The molecule has 1 aromatic heterocycles. The van der Waals surface area contributed by atoms with Crippen molar-refractivity contribution in [2.24, 2.45) is 0 Å². The Kier molecular flexibility index (Phi) is 3.84. The molecule has 2 heterocycles. The number of nitrogens with one attached hydrogen (secondary N) is 1. The lowest BCUT2D eigenvalue weighted by Crippen LogP contribution is -2.19. The summed E-state index contributed by atoms with van der Waals surface area (Å²) in [5, 5.41) is 3.14. The highest BCUT2D eigenvalue weighted by Crippen LogP contribution is 2.51. The van der Waals surface area contributed by atoms with Crippen LogP contribution >= 0.6 is 11.8 Å². The highest BCUT2D eigenvalue weighted by atomic mass is 32.2. The number of thioether (sulfide) groups is 1. The number of amides is 1. The number of carbonyl (C=O) groups is 1. The topological polar surface area (TPSA) is 45.2 Å². The quantitative estimate of drug-likeness (QED) is 0.939. The molecule has 1 aliphatic heterocycles. The minimum atomic E-state index is 0.0345. The number of aromatic nitrogens is 1. The van der Waals surface area contributed by atoms with E-state index in [4.69, 9.17) is 0 Å². The van der Waals surface area contributed by atoms with Gasteiger partial charge in [-0.25, -0.2) is 0 Å². The standard InChI is InChI=1S/C16H17N3OS/c1-3-15(20)18-12-7-5-4-6-11(12)16-19(2)13-8-9-17-10-14(13)21-16/h4-10,16H,3H2,1-2H3,(H,18,20). The predicted octanol–water partition coefficient (Wildman–Crippen LogP) is 3.67. The molecule has 0 saturated carbocycles. The van der Waals surface area contributed by atoms with Gasteiger partial charge in [0.1, 0.15) is 5.37 Å². The molecule has 0 radical (unpaired) electrons. The van der Waals surface area contributed by atoms with Gasteiger partial charge in [0.05, 0.1) is 10.6 Å². The summed E-state index contributed by atoms with van der Waals surface area (Å²) in [6.07, 6.45) is 4.18. The molecule has 1 atom stereocenters. The molecule has 21 heavy (non-hydrogen) atoms. The molecule has 0 spiro atoms. The second-order valence-corrected chi connectivity index (χ2v) is 6.04. The lowest BCUT2D eigenvalue weighted by atomic mass is 10.1. The average Bonchev–Trinajstić information content (AvgIpc) is 2.85. The summed E-state index contributed by atoms with van der Waals surface area (Å²) in [4.78, 5) is 19.3. The van der Waals surface area contributed by atoms with E-state index in [1.165, 1.54) is 10.6 Å². The van der Waals surface area contributed by atoms with Crippen LogP contribution in [0.15, 0.2) is 47.6 Å². The Hall–Kier alpha value is -2.01. The van der Waals surface area contributed by atoms with E-state index in [2.05, 4.69) is 28.3 Å². The molecule has 0 fully saturated rings. The zero-order valence-corrected chi connectivity index (χ0v) is 12.9. The molecule has 3 rings (SSSR count). The molecule has 1 unspecified atom stereocenters. The van der Waals surface area contributed by atoms with Crippen molar-refractivity contribution in [1.29, 1.82) is 0 Å². The number of fused-ring (bicyclic) bond motifs is 1. The van der Waals surface area contributed by atoms with Gasteiger partial charge in [-0.2, -0.15) is 0 Å². The molecule has 1 amide bonds. The summed E-state index contributed by atoms with van der Waals surface area (Å²) in [6.45, 7) is 1.86. The van der Waals surface area contributed by atoms with Gasteiger partial charge in [0.2, 0.25) is 5.91 Å². The van der Waals surface area contributed by atoms with Crippen molar-refractivity contribution in [3.8, 4) is 0 Å². The first kappa shape index (κ1) is 13.9. The monoisotopic (exact) mass is 299 g/mol. The number of carbonyl (C=O) groups excluding carboxylic acids is 1. The highest BCUT2D eigenvalue weighted by molar-refractivity contribution is 8.00. The summed E-state index contributed by atoms with van der Waals surface area (Å²) in [5.41, 5.74) is 3.18. The number of pyridine rings is 1. The van der Waals surface area contributed by atoms with Crippen molar-refractivity contribution in [2.75, 3.05) is 17.3 Å². The Labute approximate surface area is 128 Å². The third kappa shape index (κ3) is 2.61. The van der Waals surface area contributed by atoms with Gasteiger partial charge in [0, 0.05) is 37.1 Å². The summed E-state index contributed by atoms with van der Waals surface area (Å²) < 4.78 is 0. The number of rotatable bonds is 3. The third-order valence-corrected chi connectivity index (χ3v) is 4.92. The number of nitrogens with zero attached hydrogens (tertiary/aromatic N) is 2. The molecule has 1 aliphatic rings. The van der Waals surface area contributed by atoms with Gasteiger partial charge in [-0.15, -0.1) is 0 Å². The van der Waals surface area contributed by atoms with Crippen LogP contribution in [0.3, 0.4) is 0 Å². The maximum absolute atomic E-state index is 11.7. The van der Waals surface area contributed by atoms with Gasteiger partial charge in [-0.1, -0.05) is 36.9 Å². The van der Waals surface area contributed by atoms with E-state index in [-0.39, 0.29) is 11.3 Å². The Morgan fingerprint density at radius 1 is 1.38 bits per heavy atom. The largest absolute Gasteiger partial charge is 0.357 e. The van der Waals surface area contributed by atoms with Crippen LogP contribution < -0.4 is 10.2 Å². The molecular weight excluding hydrogens is 282 g/mol. The maximum Gasteiger partial charge on any atom is 0.224 e. The van der Waals surface area contributed by atoms with E-state index < -0.39 is 0 Å². The first-order valence-corrected chi connectivity index (χ1v) is 7.81. The minimum absolute atomic E-state index is 0.0345. The van der Waals surface area contributed by atoms with Crippen molar-refractivity contribution in [1.82, 2.24) is 4.98 Å². The number of hydrogen-bond donors (Lipinski definition) is 1. The first-order valence-electron chi connectivity index (χ1n) is 6.93. The van der Waals surface area contributed by atoms with Crippen LogP contribution in [0.4, 0.5) is 11.4 Å². The summed E-state index contributed by atoms with van der Waals surface area (Å²) in [5.74, 6) is 0.0345. The Balaban J connectivity index is 1.94. The molecular formula is C16H17N3OS. The number of para-hydroxylation sites is 1. The number of hydrogen-bond acceptors (Lipinski definition) is 4.